The summed E-state index contributed by atoms with van der Waals surface area (Å²) in [5.74, 6) is 0.357. The highest BCUT2D eigenvalue weighted by atomic mass is 32.2. The number of benzene rings is 1. The highest BCUT2D eigenvalue weighted by Gasteiger charge is 2.07. The van der Waals surface area contributed by atoms with E-state index in [-0.39, 0.29) is 23.3 Å². The maximum Gasteiger partial charge on any atom is 0.234 e. The number of amides is 2. The minimum absolute atomic E-state index is 0.0556. The van der Waals surface area contributed by atoms with E-state index in [1.54, 1.807) is 23.7 Å². The molecule has 1 aromatic carbocycles. The van der Waals surface area contributed by atoms with Crippen LogP contribution in [0.3, 0.4) is 0 Å². The number of nitrogens with zero attached hydrogens (tertiary/aromatic N) is 2. The highest BCUT2D eigenvalue weighted by Crippen LogP contribution is 2.21. The fraction of sp³-hybridized carbons (Fsp3) is 0.273. The predicted molar refractivity (Wildman–Crippen MR) is 124 cm³/mol. The Morgan fingerprint density at radius 3 is 2.70 bits per heavy atom. The van der Waals surface area contributed by atoms with Crippen molar-refractivity contribution < 1.29 is 9.59 Å². The summed E-state index contributed by atoms with van der Waals surface area (Å²) in [5.41, 5.74) is 3.89. The van der Waals surface area contributed by atoms with E-state index in [2.05, 4.69) is 20.6 Å². The first kappa shape index (κ1) is 22.0. The first-order chi connectivity index (χ1) is 14.6. The Balaban J connectivity index is 1.28. The summed E-state index contributed by atoms with van der Waals surface area (Å²) in [7, 11) is 0. The third-order valence-corrected chi connectivity index (χ3v) is 6.03. The van der Waals surface area contributed by atoms with Gasteiger partial charge in [-0.1, -0.05) is 12.1 Å². The van der Waals surface area contributed by atoms with Crippen molar-refractivity contribution >= 4 is 40.6 Å². The zero-order valence-electron chi connectivity index (χ0n) is 16.8. The molecule has 0 aliphatic heterocycles. The topological polar surface area (TPSA) is 84.0 Å². The Morgan fingerprint density at radius 2 is 1.90 bits per heavy atom. The number of aromatic nitrogens is 2. The molecule has 3 rings (SSSR count). The van der Waals surface area contributed by atoms with Crippen LogP contribution in [0.2, 0.25) is 0 Å². The Morgan fingerprint density at radius 1 is 1.10 bits per heavy atom. The molecule has 2 amide bonds. The summed E-state index contributed by atoms with van der Waals surface area (Å²) < 4.78 is 0. The lowest BCUT2D eigenvalue weighted by Crippen LogP contribution is -2.27. The molecule has 3 aromatic rings. The van der Waals surface area contributed by atoms with Gasteiger partial charge < -0.3 is 10.6 Å². The van der Waals surface area contributed by atoms with Gasteiger partial charge in [-0.25, -0.2) is 4.98 Å². The quantitative estimate of drug-likeness (QED) is 0.467. The van der Waals surface area contributed by atoms with Crippen LogP contribution in [0, 0.1) is 6.92 Å². The van der Waals surface area contributed by atoms with Gasteiger partial charge in [-0.15, -0.1) is 23.1 Å². The third kappa shape index (κ3) is 7.27. The van der Waals surface area contributed by atoms with Gasteiger partial charge in [0, 0.05) is 42.0 Å². The zero-order valence-corrected chi connectivity index (χ0v) is 18.4. The largest absolute Gasteiger partial charge is 0.355 e. The molecular weight excluding hydrogens is 416 g/mol. The van der Waals surface area contributed by atoms with E-state index >= 15 is 0 Å². The molecule has 30 heavy (non-hydrogen) atoms. The normalized spacial score (nSPS) is 10.6. The first-order valence-electron chi connectivity index (χ1n) is 9.66. The summed E-state index contributed by atoms with van der Waals surface area (Å²) in [5, 5.41) is 8.84. The SMILES string of the molecule is Cc1cccc(NC(=O)CSCC(=O)NCCCc2nc(-c3ccncc3)cs2)c1. The van der Waals surface area contributed by atoms with Crippen molar-refractivity contribution in [3.63, 3.8) is 0 Å². The Bertz CT molecular complexity index is 976. The molecule has 0 spiro atoms. The maximum atomic E-state index is 12.0. The minimum atomic E-state index is -0.104. The van der Waals surface area contributed by atoms with Crippen LogP contribution in [-0.2, 0) is 16.0 Å². The van der Waals surface area contributed by atoms with Crippen molar-refractivity contribution in [3.05, 3.63) is 64.7 Å². The van der Waals surface area contributed by atoms with Gasteiger partial charge in [-0.2, -0.15) is 0 Å². The van der Waals surface area contributed by atoms with E-state index in [1.165, 1.54) is 11.8 Å². The Kier molecular flexibility index (Phi) is 8.41. The molecule has 2 heterocycles. The summed E-state index contributed by atoms with van der Waals surface area (Å²) in [6.07, 6.45) is 5.16. The molecule has 0 bridgehead atoms. The molecule has 0 radical (unpaired) electrons. The van der Waals surface area contributed by atoms with Crippen molar-refractivity contribution in [2.24, 2.45) is 0 Å². The standard InChI is InChI=1S/C22H24N4O2S2/c1-16-4-2-5-18(12-16)25-21(28)15-29-14-20(27)24-9-3-6-22-26-19(13-30-22)17-7-10-23-11-8-17/h2,4-5,7-8,10-13H,3,6,9,14-15H2,1H3,(H,24,27)(H,25,28). The maximum absolute atomic E-state index is 12.0. The van der Waals surface area contributed by atoms with Gasteiger partial charge in [0.25, 0.3) is 0 Å². The molecule has 2 N–H and O–H groups in total. The predicted octanol–water partition coefficient (Wildman–Crippen LogP) is 3.93. The fourth-order valence-electron chi connectivity index (χ4n) is 2.76. The summed E-state index contributed by atoms with van der Waals surface area (Å²) in [6.45, 7) is 2.57. The number of carbonyl (C=O) groups is 2. The fourth-order valence-corrected chi connectivity index (χ4v) is 4.25. The van der Waals surface area contributed by atoms with Gasteiger partial charge in [0.05, 0.1) is 22.2 Å². The van der Waals surface area contributed by atoms with E-state index in [4.69, 9.17) is 0 Å². The van der Waals surface area contributed by atoms with Crippen LogP contribution in [0.5, 0.6) is 0 Å². The van der Waals surface area contributed by atoms with Crippen LogP contribution in [0.25, 0.3) is 11.3 Å². The molecule has 2 aromatic heterocycles. The lowest BCUT2D eigenvalue weighted by molar-refractivity contribution is -0.118. The van der Waals surface area contributed by atoms with Crippen molar-refractivity contribution in [2.75, 3.05) is 23.4 Å². The summed E-state index contributed by atoms with van der Waals surface area (Å²) >= 11 is 2.94. The first-order valence-corrected chi connectivity index (χ1v) is 11.7. The zero-order chi connectivity index (χ0) is 21.2. The van der Waals surface area contributed by atoms with Crippen molar-refractivity contribution in [3.8, 4) is 11.3 Å². The van der Waals surface area contributed by atoms with Gasteiger partial charge in [0.2, 0.25) is 11.8 Å². The van der Waals surface area contributed by atoms with Crippen molar-refractivity contribution in [1.82, 2.24) is 15.3 Å². The number of aryl methyl sites for hydroxylation is 2. The summed E-state index contributed by atoms with van der Waals surface area (Å²) in [6, 6.07) is 11.5. The highest BCUT2D eigenvalue weighted by molar-refractivity contribution is 8.00. The average Bonchev–Trinajstić information content (AvgIpc) is 3.21. The molecule has 0 atom stereocenters. The van der Waals surface area contributed by atoms with E-state index in [0.717, 1.165) is 40.4 Å². The average molecular weight is 441 g/mol. The second-order valence-electron chi connectivity index (χ2n) is 6.73. The molecule has 0 aliphatic carbocycles. The van der Waals surface area contributed by atoms with E-state index < -0.39 is 0 Å². The van der Waals surface area contributed by atoms with Crippen LogP contribution >= 0.6 is 23.1 Å². The van der Waals surface area contributed by atoms with Gasteiger partial charge in [0.1, 0.15) is 0 Å². The van der Waals surface area contributed by atoms with Crippen LogP contribution in [0.15, 0.2) is 54.2 Å². The Hall–Kier alpha value is -2.71. The summed E-state index contributed by atoms with van der Waals surface area (Å²) in [4.78, 5) is 32.6. The van der Waals surface area contributed by atoms with Gasteiger partial charge in [-0.05, 0) is 43.2 Å². The Labute approximate surface area is 184 Å². The monoisotopic (exact) mass is 440 g/mol. The molecule has 8 heteroatoms. The lowest BCUT2D eigenvalue weighted by atomic mass is 10.2. The number of thioether (sulfide) groups is 1. The van der Waals surface area contributed by atoms with Gasteiger partial charge in [0.15, 0.2) is 0 Å². The third-order valence-electron chi connectivity index (χ3n) is 4.19. The number of hydrogen-bond acceptors (Lipinski definition) is 6. The lowest BCUT2D eigenvalue weighted by Gasteiger charge is -2.06. The van der Waals surface area contributed by atoms with Crippen LogP contribution in [-0.4, -0.2) is 39.8 Å². The molecular formula is C22H24N4O2S2. The van der Waals surface area contributed by atoms with Gasteiger partial charge in [-0.3, -0.25) is 14.6 Å². The number of carbonyl (C=O) groups excluding carboxylic acids is 2. The molecule has 0 aliphatic rings. The van der Waals surface area contributed by atoms with Crippen LogP contribution < -0.4 is 10.6 Å². The van der Waals surface area contributed by atoms with Crippen molar-refractivity contribution in [1.29, 1.82) is 0 Å². The second kappa shape index (κ2) is 11.5. The van der Waals surface area contributed by atoms with Crippen molar-refractivity contribution in [2.45, 2.75) is 19.8 Å². The van der Waals surface area contributed by atoms with Crippen LogP contribution in [0.4, 0.5) is 5.69 Å². The minimum Gasteiger partial charge on any atom is -0.355 e. The smallest absolute Gasteiger partial charge is 0.234 e. The second-order valence-corrected chi connectivity index (χ2v) is 8.65. The number of rotatable bonds is 10. The molecule has 0 unspecified atom stereocenters. The number of nitrogens with one attached hydrogen (secondary N) is 2. The van der Waals surface area contributed by atoms with E-state index in [1.807, 2.05) is 48.7 Å². The van der Waals surface area contributed by atoms with Crippen LogP contribution in [0.1, 0.15) is 17.0 Å². The number of pyridine rings is 1. The number of thiazole rings is 1. The molecule has 0 saturated heterocycles. The number of anilines is 1. The van der Waals surface area contributed by atoms with Gasteiger partial charge >= 0.3 is 0 Å². The number of hydrogen-bond donors (Lipinski definition) is 2. The molecule has 156 valence electrons. The molecule has 0 saturated carbocycles. The molecule has 0 fully saturated rings. The van der Waals surface area contributed by atoms with E-state index in [0.29, 0.717) is 6.54 Å². The van der Waals surface area contributed by atoms with E-state index in [9.17, 15) is 9.59 Å². The molecule has 6 nitrogen and oxygen atoms in total.